The summed E-state index contributed by atoms with van der Waals surface area (Å²) in [5.74, 6) is -0.642. The Morgan fingerprint density at radius 3 is 2.27 bits per heavy atom. The first-order chi connectivity index (χ1) is 17.6. The summed E-state index contributed by atoms with van der Waals surface area (Å²) < 4.78 is 24.2. The number of nitro benzene ring substituents is 2. The lowest BCUT2D eigenvalue weighted by atomic mass is 9.77. The van der Waals surface area contributed by atoms with Crippen LogP contribution < -0.4 is 10.5 Å². The second-order valence-corrected chi connectivity index (χ2v) is 12.3. The smallest absolute Gasteiger partial charge is 0.282 e. The first-order valence-corrected chi connectivity index (χ1v) is 14.1. The van der Waals surface area contributed by atoms with Crippen molar-refractivity contribution in [3.05, 3.63) is 98.1 Å². The Morgan fingerprint density at radius 2 is 1.59 bits per heavy atom. The molecule has 0 amide bonds. The predicted molar refractivity (Wildman–Crippen MR) is 141 cm³/mol. The zero-order valence-electron chi connectivity index (χ0n) is 19.1. The maximum absolute atomic E-state index is 12.1. The van der Waals surface area contributed by atoms with Crippen LogP contribution in [0, 0.1) is 26.1 Å². The molecule has 0 aromatic heterocycles. The Morgan fingerprint density at radius 1 is 0.946 bits per heavy atom. The molecule has 5 rings (SSSR count). The van der Waals surface area contributed by atoms with Gasteiger partial charge in [-0.3, -0.25) is 20.2 Å². The molecule has 3 aromatic carbocycles. The van der Waals surface area contributed by atoms with Crippen molar-refractivity contribution in [3.8, 4) is 0 Å². The lowest BCUT2D eigenvalue weighted by molar-refractivity contribution is -0.387. The standard InChI is InChI=1S/C24H21ClN4O6S2/c25-23-21(36-20-8-4-3-7-19(20)29(32)33)12-16-22(23)15-11-13(37(26,34)35)9-10-17(15)27-24(16)14-5-1-2-6-18(14)28(30)31/h1-11,16,21-24,27H,12H2,(H2,26,34,35)/t16-,21-,22+,23-,24-/m1/s1. The summed E-state index contributed by atoms with van der Waals surface area (Å²) in [4.78, 5) is 22.9. The number of rotatable bonds is 6. The van der Waals surface area contributed by atoms with Crippen molar-refractivity contribution in [3.63, 3.8) is 0 Å². The molecule has 192 valence electrons. The second kappa shape index (κ2) is 9.60. The molecule has 0 radical (unpaired) electrons. The molecule has 0 unspecified atom stereocenters. The Bertz CT molecular complexity index is 1520. The molecular weight excluding hydrogens is 540 g/mol. The van der Waals surface area contributed by atoms with E-state index in [0.29, 0.717) is 28.1 Å². The maximum Gasteiger partial charge on any atom is 0.282 e. The fourth-order valence-electron chi connectivity index (χ4n) is 5.37. The molecule has 0 saturated heterocycles. The molecule has 0 spiro atoms. The van der Waals surface area contributed by atoms with Crippen molar-refractivity contribution in [2.24, 2.45) is 11.1 Å². The van der Waals surface area contributed by atoms with Crippen LogP contribution in [-0.2, 0) is 10.0 Å². The van der Waals surface area contributed by atoms with Gasteiger partial charge in [-0.15, -0.1) is 23.4 Å². The summed E-state index contributed by atoms with van der Waals surface area (Å²) in [5.41, 5.74) is 1.68. The van der Waals surface area contributed by atoms with Crippen LogP contribution in [0.4, 0.5) is 17.1 Å². The third-order valence-corrected chi connectivity index (χ3v) is 9.95. The molecule has 5 atom stereocenters. The number of benzene rings is 3. The topological polar surface area (TPSA) is 158 Å². The molecule has 10 nitrogen and oxygen atoms in total. The first kappa shape index (κ1) is 25.5. The van der Waals surface area contributed by atoms with Crippen molar-refractivity contribution in [2.75, 3.05) is 5.32 Å². The summed E-state index contributed by atoms with van der Waals surface area (Å²) in [7, 11) is -3.98. The molecule has 1 fully saturated rings. The molecule has 2 aliphatic rings. The number of primary sulfonamides is 1. The van der Waals surface area contributed by atoms with E-state index >= 15 is 0 Å². The van der Waals surface area contributed by atoms with Crippen molar-refractivity contribution < 1.29 is 18.3 Å². The van der Waals surface area contributed by atoms with Crippen molar-refractivity contribution in [2.45, 2.75) is 38.8 Å². The van der Waals surface area contributed by atoms with E-state index in [1.165, 1.54) is 36.0 Å². The number of thioether (sulfide) groups is 1. The summed E-state index contributed by atoms with van der Waals surface area (Å²) in [5, 5.41) is 31.3. The monoisotopic (exact) mass is 560 g/mol. The number of hydrogen-bond donors (Lipinski definition) is 2. The van der Waals surface area contributed by atoms with Crippen LogP contribution in [-0.4, -0.2) is 28.9 Å². The Kier molecular flexibility index (Phi) is 6.61. The van der Waals surface area contributed by atoms with Gasteiger partial charge in [0.15, 0.2) is 0 Å². The minimum absolute atomic E-state index is 0.0310. The van der Waals surface area contributed by atoms with Gasteiger partial charge in [-0.1, -0.05) is 30.3 Å². The number of nitrogens with zero attached hydrogens (tertiary/aromatic N) is 2. The van der Waals surface area contributed by atoms with Gasteiger partial charge < -0.3 is 5.32 Å². The SMILES string of the molecule is NS(=O)(=O)c1ccc2c(c1)[C@@H]1[C@H](Cl)[C@H](Sc3ccccc3[N+](=O)[O-])C[C@H]1[C@@H](c1ccccc1[N+](=O)[O-])N2. The number of sulfonamides is 1. The van der Waals surface area contributed by atoms with E-state index in [1.807, 2.05) is 0 Å². The minimum atomic E-state index is -3.98. The largest absolute Gasteiger partial charge is 0.377 e. The molecule has 1 saturated carbocycles. The Labute approximate surface area is 221 Å². The van der Waals surface area contributed by atoms with E-state index in [9.17, 15) is 28.6 Å². The summed E-state index contributed by atoms with van der Waals surface area (Å²) in [6.07, 6.45) is 0.484. The molecule has 0 bridgehead atoms. The van der Waals surface area contributed by atoms with Gasteiger partial charge in [0.05, 0.1) is 36.6 Å². The van der Waals surface area contributed by atoms with Crippen LogP contribution >= 0.6 is 23.4 Å². The normalized spacial score (nSPS) is 24.5. The van der Waals surface area contributed by atoms with Gasteiger partial charge in [-0.2, -0.15) is 0 Å². The quantitative estimate of drug-likeness (QED) is 0.237. The van der Waals surface area contributed by atoms with Crippen molar-refractivity contribution >= 4 is 50.4 Å². The second-order valence-electron chi connectivity index (χ2n) is 8.98. The van der Waals surface area contributed by atoms with Gasteiger partial charge in [0.2, 0.25) is 10.0 Å². The number of alkyl halides is 1. The number of fused-ring (bicyclic) bond motifs is 3. The number of hydrogen-bond acceptors (Lipinski definition) is 8. The van der Waals surface area contributed by atoms with E-state index in [1.54, 1.807) is 42.5 Å². The molecular formula is C24H21ClN4O6S2. The third-order valence-electron chi connectivity index (χ3n) is 6.92. The highest BCUT2D eigenvalue weighted by molar-refractivity contribution is 8.00. The number of halogens is 1. The predicted octanol–water partition coefficient (Wildman–Crippen LogP) is 5.19. The highest BCUT2D eigenvalue weighted by Crippen LogP contribution is 2.58. The summed E-state index contributed by atoms with van der Waals surface area (Å²) in [6.45, 7) is 0. The van der Waals surface area contributed by atoms with Gasteiger partial charge >= 0.3 is 0 Å². The Hall–Kier alpha value is -3.19. The lowest BCUT2D eigenvalue weighted by Gasteiger charge is -2.38. The number of para-hydroxylation sites is 2. The van der Waals surface area contributed by atoms with E-state index in [2.05, 4.69) is 5.32 Å². The van der Waals surface area contributed by atoms with Crippen molar-refractivity contribution in [1.29, 1.82) is 0 Å². The van der Waals surface area contributed by atoms with Crippen LogP contribution in [0.25, 0.3) is 0 Å². The highest BCUT2D eigenvalue weighted by Gasteiger charge is 2.51. The average molecular weight is 561 g/mol. The van der Waals surface area contributed by atoms with Crippen LogP contribution in [0.5, 0.6) is 0 Å². The number of nitrogens with one attached hydrogen (secondary N) is 1. The molecule has 3 N–H and O–H groups in total. The van der Waals surface area contributed by atoms with Gasteiger partial charge in [-0.25, -0.2) is 13.6 Å². The van der Waals surface area contributed by atoms with Gasteiger partial charge in [0.25, 0.3) is 11.4 Å². The number of nitrogens with two attached hydrogens (primary N) is 1. The average Bonchev–Trinajstić information content (AvgIpc) is 3.19. The lowest BCUT2D eigenvalue weighted by Crippen LogP contribution is -2.32. The molecule has 37 heavy (non-hydrogen) atoms. The molecule has 3 aromatic rings. The van der Waals surface area contributed by atoms with E-state index < -0.39 is 31.3 Å². The fraction of sp³-hybridized carbons (Fsp3) is 0.250. The van der Waals surface area contributed by atoms with E-state index in [-0.39, 0.29) is 33.4 Å². The molecule has 1 aliphatic heterocycles. The Balaban J connectivity index is 1.61. The van der Waals surface area contributed by atoms with Crippen molar-refractivity contribution in [1.82, 2.24) is 0 Å². The number of nitro groups is 2. The van der Waals surface area contributed by atoms with Crippen LogP contribution in [0.3, 0.4) is 0 Å². The molecule has 1 aliphatic carbocycles. The van der Waals surface area contributed by atoms with E-state index in [4.69, 9.17) is 16.7 Å². The minimum Gasteiger partial charge on any atom is -0.377 e. The van der Waals surface area contributed by atoms with Gasteiger partial charge in [-0.05, 0) is 42.2 Å². The van der Waals surface area contributed by atoms with Gasteiger partial charge in [0, 0.05) is 29.0 Å². The van der Waals surface area contributed by atoms with Crippen LogP contribution in [0.2, 0.25) is 0 Å². The zero-order chi connectivity index (χ0) is 26.5. The highest BCUT2D eigenvalue weighted by atomic mass is 35.5. The van der Waals surface area contributed by atoms with Gasteiger partial charge in [0.1, 0.15) is 0 Å². The van der Waals surface area contributed by atoms with E-state index in [0.717, 1.165) is 0 Å². The third kappa shape index (κ3) is 4.65. The number of anilines is 1. The fourth-order valence-corrected chi connectivity index (χ4v) is 7.86. The summed E-state index contributed by atoms with van der Waals surface area (Å²) in [6, 6.07) is 16.9. The summed E-state index contributed by atoms with van der Waals surface area (Å²) >= 11 is 8.34. The van der Waals surface area contributed by atoms with Crippen LogP contribution in [0.1, 0.15) is 29.5 Å². The zero-order valence-corrected chi connectivity index (χ0v) is 21.4. The van der Waals surface area contributed by atoms with Crippen LogP contribution in [0.15, 0.2) is 76.5 Å². The first-order valence-electron chi connectivity index (χ1n) is 11.3. The molecule has 1 heterocycles. The maximum atomic E-state index is 12.1. The molecule has 13 heteroatoms.